The number of benzene rings is 1. The van der Waals surface area contributed by atoms with Gasteiger partial charge in [0.25, 0.3) is 0 Å². The van der Waals surface area contributed by atoms with Crippen LogP contribution in [0, 0.1) is 11.8 Å². The smallest absolute Gasteiger partial charge is 0.224 e. The minimum absolute atomic E-state index is 0. The minimum Gasteiger partial charge on any atom is -0.349 e. The van der Waals surface area contributed by atoms with E-state index in [4.69, 9.17) is 5.73 Å². The van der Waals surface area contributed by atoms with Crippen LogP contribution >= 0.6 is 12.4 Å². The van der Waals surface area contributed by atoms with Crippen molar-refractivity contribution in [3.63, 3.8) is 0 Å². The summed E-state index contributed by atoms with van der Waals surface area (Å²) in [6.07, 6.45) is 4.94. The molecule has 0 aliphatic heterocycles. The van der Waals surface area contributed by atoms with Crippen molar-refractivity contribution < 1.29 is 4.79 Å². The average Bonchev–Trinajstić information content (AvgIpc) is 2.98. The summed E-state index contributed by atoms with van der Waals surface area (Å²) in [5.41, 5.74) is 7.06. The molecule has 0 heterocycles. The quantitative estimate of drug-likeness (QED) is 0.875. The van der Waals surface area contributed by atoms with E-state index < -0.39 is 0 Å². The third kappa shape index (κ3) is 4.72. The Bertz CT molecular complexity index is 430. The van der Waals surface area contributed by atoms with Gasteiger partial charge in [-0.1, -0.05) is 50.1 Å². The molecule has 1 aliphatic rings. The first-order chi connectivity index (χ1) is 9.59. The van der Waals surface area contributed by atoms with Gasteiger partial charge in [-0.2, -0.15) is 0 Å². The van der Waals surface area contributed by atoms with Crippen molar-refractivity contribution in [3.8, 4) is 0 Å². The van der Waals surface area contributed by atoms with E-state index in [9.17, 15) is 4.79 Å². The number of nitrogens with two attached hydrogens (primary N) is 1. The molecular formula is C17H27ClN2O. The predicted octanol–water partition coefficient (Wildman–Crippen LogP) is 3.44. The summed E-state index contributed by atoms with van der Waals surface area (Å²) >= 11 is 0. The van der Waals surface area contributed by atoms with Crippen LogP contribution in [-0.4, -0.2) is 11.9 Å². The van der Waals surface area contributed by atoms with E-state index in [-0.39, 0.29) is 36.3 Å². The Morgan fingerprint density at radius 3 is 2.29 bits per heavy atom. The van der Waals surface area contributed by atoms with E-state index in [1.165, 1.54) is 31.2 Å². The van der Waals surface area contributed by atoms with Gasteiger partial charge < -0.3 is 11.1 Å². The summed E-state index contributed by atoms with van der Waals surface area (Å²) in [7, 11) is 0. The fraction of sp³-hybridized carbons (Fsp3) is 0.588. The van der Waals surface area contributed by atoms with E-state index in [0.29, 0.717) is 5.92 Å². The van der Waals surface area contributed by atoms with Crippen molar-refractivity contribution in [1.82, 2.24) is 5.32 Å². The highest BCUT2D eigenvalue weighted by atomic mass is 35.5. The number of rotatable bonds is 5. The molecule has 0 radical (unpaired) electrons. The molecule has 1 amide bonds. The lowest BCUT2D eigenvalue weighted by Crippen LogP contribution is -2.41. The molecule has 1 aromatic carbocycles. The molecule has 1 saturated carbocycles. The molecule has 3 atom stereocenters. The van der Waals surface area contributed by atoms with Crippen molar-refractivity contribution in [3.05, 3.63) is 35.9 Å². The minimum atomic E-state index is -0.150. The second-order valence-electron chi connectivity index (χ2n) is 6.09. The Hall–Kier alpha value is -1.06. The van der Waals surface area contributed by atoms with Crippen LogP contribution in [0.1, 0.15) is 51.1 Å². The molecule has 2 rings (SSSR count). The van der Waals surface area contributed by atoms with Crippen molar-refractivity contribution in [2.45, 2.75) is 51.6 Å². The van der Waals surface area contributed by atoms with Crippen LogP contribution in [-0.2, 0) is 4.79 Å². The van der Waals surface area contributed by atoms with Gasteiger partial charge in [0.05, 0.1) is 6.04 Å². The van der Waals surface area contributed by atoms with Crippen LogP contribution in [0.25, 0.3) is 0 Å². The fourth-order valence-electron chi connectivity index (χ4n) is 2.95. The van der Waals surface area contributed by atoms with Crippen molar-refractivity contribution in [2.24, 2.45) is 17.6 Å². The third-order valence-electron chi connectivity index (χ3n) is 4.53. The number of hydrogen-bond acceptors (Lipinski definition) is 2. The molecule has 4 heteroatoms. The largest absolute Gasteiger partial charge is 0.349 e. The topological polar surface area (TPSA) is 55.1 Å². The summed E-state index contributed by atoms with van der Waals surface area (Å²) in [6, 6.07) is 10.3. The summed E-state index contributed by atoms with van der Waals surface area (Å²) in [5.74, 6) is 0.477. The van der Waals surface area contributed by atoms with Crippen molar-refractivity contribution in [1.29, 1.82) is 0 Å². The van der Waals surface area contributed by atoms with Crippen molar-refractivity contribution in [2.75, 3.05) is 0 Å². The molecule has 3 unspecified atom stereocenters. The first kappa shape index (κ1) is 18.0. The van der Waals surface area contributed by atoms with Gasteiger partial charge in [0.2, 0.25) is 5.91 Å². The lowest BCUT2D eigenvalue weighted by molar-refractivity contribution is -0.126. The molecule has 3 N–H and O–H groups in total. The molecule has 3 nitrogen and oxygen atoms in total. The Balaban J connectivity index is 0.00000220. The zero-order valence-corrected chi connectivity index (χ0v) is 13.7. The van der Waals surface area contributed by atoms with E-state index >= 15 is 0 Å². The highest BCUT2D eigenvalue weighted by Crippen LogP contribution is 2.35. The molecule has 0 aromatic heterocycles. The molecule has 21 heavy (non-hydrogen) atoms. The van der Waals surface area contributed by atoms with E-state index in [1.54, 1.807) is 0 Å². The lowest BCUT2D eigenvalue weighted by atomic mass is 9.90. The fourth-order valence-corrected chi connectivity index (χ4v) is 2.95. The molecular weight excluding hydrogens is 284 g/mol. The summed E-state index contributed by atoms with van der Waals surface area (Å²) in [6.45, 7) is 3.79. The van der Waals surface area contributed by atoms with Crippen LogP contribution < -0.4 is 11.1 Å². The highest BCUT2D eigenvalue weighted by Gasteiger charge is 2.29. The van der Waals surface area contributed by atoms with Gasteiger partial charge in [-0.15, -0.1) is 12.4 Å². The zero-order valence-electron chi connectivity index (χ0n) is 12.9. The van der Waals surface area contributed by atoms with Crippen LogP contribution in [0.5, 0.6) is 0 Å². The Morgan fingerprint density at radius 2 is 1.76 bits per heavy atom. The number of hydrogen-bond donors (Lipinski definition) is 2. The van der Waals surface area contributed by atoms with Crippen LogP contribution in [0.4, 0.5) is 0 Å². The highest BCUT2D eigenvalue weighted by molar-refractivity contribution is 5.85. The Labute approximate surface area is 134 Å². The summed E-state index contributed by atoms with van der Waals surface area (Å²) in [5, 5.41) is 3.24. The standard InChI is InChI=1S/C17H26N2O.ClH/c1-12(13(2)18)17(20)19-16(15-10-6-7-11-15)14-8-4-3-5-9-14;/h3-5,8-9,12-13,15-16H,6-7,10-11,18H2,1-2H3,(H,19,20);1H. The number of carbonyl (C=O) groups excluding carboxylic acids is 1. The molecule has 1 aromatic rings. The van der Waals surface area contributed by atoms with E-state index in [0.717, 1.165) is 0 Å². The van der Waals surface area contributed by atoms with Crippen LogP contribution in [0.3, 0.4) is 0 Å². The molecule has 0 saturated heterocycles. The van der Waals surface area contributed by atoms with Gasteiger partial charge in [-0.3, -0.25) is 4.79 Å². The van der Waals surface area contributed by atoms with Gasteiger partial charge >= 0.3 is 0 Å². The monoisotopic (exact) mass is 310 g/mol. The lowest BCUT2D eigenvalue weighted by Gasteiger charge is -2.27. The van der Waals surface area contributed by atoms with Gasteiger partial charge in [0.1, 0.15) is 0 Å². The zero-order chi connectivity index (χ0) is 14.5. The first-order valence-electron chi connectivity index (χ1n) is 7.70. The number of nitrogens with one attached hydrogen (secondary N) is 1. The van der Waals surface area contributed by atoms with Crippen LogP contribution in [0.15, 0.2) is 30.3 Å². The predicted molar refractivity (Wildman–Crippen MR) is 89.3 cm³/mol. The SMILES string of the molecule is CC(N)C(C)C(=O)NC(c1ccccc1)C1CCCC1.Cl. The molecule has 1 aliphatic carbocycles. The third-order valence-corrected chi connectivity index (χ3v) is 4.53. The Kier molecular flexibility index (Phi) is 7.20. The van der Waals surface area contributed by atoms with E-state index in [2.05, 4.69) is 17.4 Å². The number of carbonyl (C=O) groups is 1. The van der Waals surface area contributed by atoms with Gasteiger partial charge in [0, 0.05) is 12.0 Å². The normalized spacial score (nSPS) is 19.4. The summed E-state index contributed by atoms with van der Waals surface area (Å²) < 4.78 is 0. The maximum atomic E-state index is 12.3. The van der Waals surface area contributed by atoms with Gasteiger partial charge in [0.15, 0.2) is 0 Å². The second-order valence-corrected chi connectivity index (χ2v) is 6.09. The summed E-state index contributed by atoms with van der Waals surface area (Å²) in [4.78, 5) is 12.3. The van der Waals surface area contributed by atoms with Crippen molar-refractivity contribution >= 4 is 18.3 Å². The Morgan fingerprint density at radius 1 is 1.19 bits per heavy atom. The first-order valence-corrected chi connectivity index (χ1v) is 7.70. The molecule has 0 bridgehead atoms. The second kappa shape index (κ2) is 8.40. The number of halogens is 1. The number of amides is 1. The molecule has 1 fully saturated rings. The maximum Gasteiger partial charge on any atom is 0.224 e. The van der Waals surface area contributed by atoms with E-state index in [1.807, 2.05) is 32.0 Å². The average molecular weight is 311 g/mol. The van der Waals surface area contributed by atoms with Gasteiger partial charge in [-0.05, 0) is 31.2 Å². The molecule has 118 valence electrons. The maximum absolute atomic E-state index is 12.3. The van der Waals surface area contributed by atoms with Crippen LogP contribution in [0.2, 0.25) is 0 Å². The van der Waals surface area contributed by atoms with Gasteiger partial charge in [-0.25, -0.2) is 0 Å². The molecule has 0 spiro atoms.